The number of imidazole rings is 1. The van der Waals surface area contributed by atoms with Crippen LogP contribution < -0.4 is 4.74 Å². The Morgan fingerprint density at radius 2 is 1.91 bits per heavy atom. The third-order valence-electron chi connectivity index (χ3n) is 7.05. The van der Waals surface area contributed by atoms with E-state index in [1.807, 2.05) is 19.1 Å². The van der Waals surface area contributed by atoms with Crippen molar-refractivity contribution in [3.8, 4) is 6.01 Å². The lowest BCUT2D eigenvalue weighted by Gasteiger charge is -2.31. The lowest BCUT2D eigenvalue weighted by atomic mass is 10.1. The molecule has 2 aliphatic heterocycles. The highest BCUT2D eigenvalue weighted by molar-refractivity contribution is 5.74. The number of nitrogens with zero attached hydrogens (tertiary/aromatic N) is 6. The van der Waals surface area contributed by atoms with Crippen molar-refractivity contribution in [3.63, 3.8) is 0 Å². The lowest BCUT2D eigenvalue weighted by molar-refractivity contribution is 0.143. The first kappa shape index (κ1) is 23.1. The van der Waals surface area contributed by atoms with Crippen molar-refractivity contribution in [2.45, 2.75) is 64.5 Å². The molecule has 0 unspecified atom stereocenters. The molecule has 2 atom stereocenters. The third kappa shape index (κ3) is 4.38. The Hall–Kier alpha value is -2.65. The molecular formula is C25H32F2N6O. The van der Waals surface area contributed by atoms with Gasteiger partial charge in [0.2, 0.25) is 0 Å². The summed E-state index contributed by atoms with van der Waals surface area (Å²) < 4.78 is 36.9. The molecule has 4 heterocycles. The first-order valence-electron chi connectivity index (χ1n) is 11.8. The van der Waals surface area contributed by atoms with E-state index in [-0.39, 0.29) is 24.8 Å². The molecule has 0 N–H and O–H groups in total. The first-order valence-corrected chi connectivity index (χ1v) is 11.8. The van der Waals surface area contributed by atoms with E-state index in [2.05, 4.69) is 31.8 Å². The molecule has 5 rings (SSSR count). The van der Waals surface area contributed by atoms with Crippen LogP contribution in [0.1, 0.15) is 42.9 Å². The van der Waals surface area contributed by atoms with Crippen LogP contribution >= 0.6 is 0 Å². The zero-order chi connectivity index (χ0) is 24.2. The summed E-state index contributed by atoms with van der Waals surface area (Å²) in [7, 11) is 3.67. The molecule has 2 fully saturated rings. The largest absolute Gasteiger partial charge is 0.467 e. The molecule has 2 saturated heterocycles. The maximum atomic E-state index is 15.3. The van der Waals surface area contributed by atoms with Crippen LogP contribution in [-0.4, -0.2) is 74.3 Å². The summed E-state index contributed by atoms with van der Waals surface area (Å²) in [6, 6.07) is 6.82. The van der Waals surface area contributed by atoms with Gasteiger partial charge in [0, 0.05) is 43.7 Å². The molecule has 0 amide bonds. The molecule has 2 bridgehead atoms. The summed E-state index contributed by atoms with van der Waals surface area (Å²) in [6.45, 7) is 7.90. The van der Waals surface area contributed by atoms with Gasteiger partial charge in [0.15, 0.2) is 5.65 Å². The summed E-state index contributed by atoms with van der Waals surface area (Å²) in [4.78, 5) is 18.2. The van der Waals surface area contributed by atoms with E-state index in [1.165, 1.54) is 27.4 Å². The highest BCUT2D eigenvalue weighted by Crippen LogP contribution is 2.31. The minimum absolute atomic E-state index is 0.0801. The molecule has 182 valence electrons. The number of aryl methyl sites for hydroxylation is 1. The number of aromatic nitrogens is 4. The molecule has 7 nitrogen and oxygen atoms in total. The van der Waals surface area contributed by atoms with E-state index in [4.69, 9.17) is 4.74 Å². The Kier molecular flexibility index (Phi) is 5.80. The topological polar surface area (TPSA) is 59.3 Å². The number of methoxy groups -OCH3 is 1. The van der Waals surface area contributed by atoms with Gasteiger partial charge in [0.25, 0.3) is 0 Å². The van der Waals surface area contributed by atoms with Crippen LogP contribution in [0.3, 0.4) is 0 Å². The van der Waals surface area contributed by atoms with Crippen LogP contribution in [0, 0.1) is 12.7 Å². The van der Waals surface area contributed by atoms with Gasteiger partial charge in [-0.3, -0.25) is 4.90 Å². The monoisotopic (exact) mass is 470 g/mol. The van der Waals surface area contributed by atoms with Crippen molar-refractivity contribution in [1.82, 2.24) is 29.3 Å². The highest BCUT2D eigenvalue weighted by Gasteiger charge is 2.41. The summed E-state index contributed by atoms with van der Waals surface area (Å²) in [6.07, 6.45) is 1.28. The number of ether oxygens (including phenoxy) is 1. The fraction of sp³-hybridized carbons (Fsp3) is 0.560. The first-order chi connectivity index (χ1) is 16.1. The number of likely N-dealkylation sites (N-methyl/N-ethyl adjacent to an activating group) is 1. The van der Waals surface area contributed by atoms with Gasteiger partial charge in [-0.1, -0.05) is 12.1 Å². The second-order valence-corrected chi connectivity index (χ2v) is 10.3. The SMILES string of the molecule is COc1nc(C)c2nc(CC(C)(C)F)n(Cc3ccc(CN4C[C@H]5C[C@@H]4CN5C)cc3F)c2n1. The van der Waals surface area contributed by atoms with Crippen LogP contribution in [0.25, 0.3) is 11.2 Å². The number of halogens is 2. The van der Waals surface area contributed by atoms with Gasteiger partial charge in [0.1, 0.15) is 22.8 Å². The maximum absolute atomic E-state index is 15.3. The van der Waals surface area contributed by atoms with Crippen LogP contribution in [0.15, 0.2) is 18.2 Å². The minimum atomic E-state index is -1.48. The lowest BCUT2D eigenvalue weighted by Crippen LogP contribution is -2.43. The molecule has 0 spiro atoms. The van der Waals surface area contributed by atoms with E-state index in [9.17, 15) is 4.39 Å². The molecule has 0 saturated carbocycles. The van der Waals surface area contributed by atoms with Gasteiger partial charge in [-0.2, -0.15) is 9.97 Å². The van der Waals surface area contributed by atoms with Gasteiger partial charge >= 0.3 is 6.01 Å². The number of hydrogen-bond acceptors (Lipinski definition) is 6. The predicted molar refractivity (Wildman–Crippen MR) is 126 cm³/mol. The number of fused-ring (bicyclic) bond motifs is 3. The summed E-state index contributed by atoms with van der Waals surface area (Å²) >= 11 is 0. The molecular weight excluding hydrogens is 438 g/mol. The standard InChI is InChI=1S/C25H32F2N6O/c1-15-22-23(30-24(28-15)34-5)33(21(29-22)10-25(2,3)27)12-17-7-6-16(8-20(17)26)11-32-14-18-9-19(32)13-31(18)4/h6-8,18-19H,9-14H2,1-5H3/t18-,19-/m1/s1. The number of alkyl halides is 1. The molecule has 9 heteroatoms. The molecule has 0 aliphatic carbocycles. The Morgan fingerprint density at radius 1 is 1.12 bits per heavy atom. The van der Waals surface area contributed by atoms with Crippen LogP contribution in [-0.2, 0) is 19.5 Å². The smallest absolute Gasteiger partial charge is 0.318 e. The van der Waals surface area contributed by atoms with E-state index in [0.717, 1.165) is 25.2 Å². The second kappa shape index (κ2) is 8.53. The number of likely N-dealkylation sites (tertiary alicyclic amines) is 2. The molecule has 34 heavy (non-hydrogen) atoms. The number of piperazine rings is 1. The molecule has 2 aliphatic rings. The van der Waals surface area contributed by atoms with Crippen LogP contribution in [0.4, 0.5) is 8.78 Å². The third-order valence-corrected chi connectivity index (χ3v) is 7.05. The van der Waals surface area contributed by atoms with Crippen molar-refractivity contribution >= 4 is 11.2 Å². The molecule has 3 aromatic rings. The van der Waals surface area contributed by atoms with Gasteiger partial charge < -0.3 is 14.2 Å². The van der Waals surface area contributed by atoms with Crippen molar-refractivity contribution in [1.29, 1.82) is 0 Å². The quantitative estimate of drug-likeness (QED) is 0.527. The van der Waals surface area contributed by atoms with Crippen LogP contribution in [0.5, 0.6) is 6.01 Å². The fourth-order valence-electron chi connectivity index (χ4n) is 5.29. The average Bonchev–Trinajstić information content (AvgIpc) is 3.42. The van der Waals surface area contributed by atoms with E-state index < -0.39 is 5.67 Å². The number of hydrogen-bond donors (Lipinski definition) is 0. The van der Waals surface area contributed by atoms with E-state index >= 15 is 4.39 Å². The average molecular weight is 471 g/mol. The van der Waals surface area contributed by atoms with E-state index in [1.54, 1.807) is 10.6 Å². The van der Waals surface area contributed by atoms with E-state index in [0.29, 0.717) is 40.3 Å². The number of rotatable bonds is 7. The van der Waals surface area contributed by atoms with Crippen molar-refractivity contribution in [2.24, 2.45) is 0 Å². The minimum Gasteiger partial charge on any atom is -0.467 e. The Labute approximate surface area is 198 Å². The Bertz CT molecular complexity index is 1220. The molecule has 2 aromatic heterocycles. The summed E-state index contributed by atoms with van der Waals surface area (Å²) in [5.41, 5.74) is 1.74. The zero-order valence-corrected chi connectivity index (χ0v) is 20.5. The van der Waals surface area contributed by atoms with Gasteiger partial charge in [-0.15, -0.1) is 0 Å². The van der Waals surface area contributed by atoms with Gasteiger partial charge in [-0.05, 0) is 45.9 Å². The zero-order valence-electron chi connectivity index (χ0n) is 20.5. The van der Waals surface area contributed by atoms with Crippen molar-refractivity contribution in [2.75, 3.05) is 27.2 Å². The van der Waals surface area contributed by atoms with Crippen molar-refractivity contribution in [3.05, 3.63) is 46.7 Å². The molecule has 0 radical (unpaired) electrons. The summed E-state index contributed by atoms with van der Waals surface area (Å²) in [5, 5.41) is 0. The van der Waals surface area contributed by atoms with Crippen molar-refractivity contribution < 1.29 is 13.5 Å². The van der Waals surface area contributed by atoms with Gasteiger partial charge in [-0.25, -0.2) is 13.8 Å². The predicted octanol–water partition coefficient (Wildman–Crippen LogP) is 3.51. The maximum Gasteiger partial charge on any atom is 0.318 e. The van der Waals surface area contributed by atoms with Crippen LogP contribution in [0.2, 0.25) is 0 Å². The normalized spacial score (nSPS) is 21.1. The Morgan fingerprint density at radius 3 is 2.53 bits per heavy atom. The molecule has 1 aromatic carbocycles. The number of benzene rings is 1. The summed E-state index contributed by atoms with van der Waals surface area (Å²) in [5.74, 6) is 0.234. The highest BCUT2D eigenvalue weighted by atomic mass is 19.1. The fourth-order valence-corrected chi connectivity index (χ4v) is 5.29. The van der Waals surface area contributed by atoms with Gasteiger partial charge in [0.05, 0.1) is 19.3 Å². The second-order valence-electron chi connectivity index (χ2n) is 10.3. The Balaban J connectivity index is 1.44.